The third-order valence-electron chi connectivity index (χ3n) is 4.24. The average Bonchev–Trinajstić information content (AvgIpc) is 2.98. The summed E-state index contributed by atoms with van der Waals surface area (Å²) in [6.45, 7) is -2.67. The fraction of sp³-hybridized carbons (Fsp3) is 0.800. The minimum atomic E-state index is -1.81. The number of esters is 3. The summed E-state index contributed by atoms with van der Waals surface area (Å²) in [6.07, 6.45) is -13.1. The van der Waals surface area contributed by atoms with Crippen LogP contribution in [0.4, 0.5) is 0 Å². The lowest BCUT2D eigenvalue weighted by atomic mass is 10.0. The lowest BCUT2D eigenvalue weighted by molar-refractivity contribution is -0.180. The molecular weight excluding hydrogens is 640 g/mol. The van der Waals surface area contributed by atoms with E-state index in [1.807, 2.05) is 0 Å². The summed E-state index contributed by atoms with van der Waals surface area (Å²) in [7, 11) is 0. The lowest BCUT2D eigenvalue weighted by Gasteiger charge is -2.29. The Balaban J connectivity index is -0.000000700. The van der Waals surface area contributed by atoms with Gasteiger partial charge in [0.25, 0.3) is 0 Å². The Kier molecular flexibility index (Phi) is 28.7. The van der Waals surface area contributed by atoms with Gasteiger partial charge in [0.05, 0.1) is 36.2 Å². The van der Waals surface area contributed by atoms with Crippen LogP contribution in [0, 0.1) is 0 Å². The van der Waals surface area contributed by atoms with Crippen LogP contribution < -0.4 is 0 Å². The Morgan fingerprint density at radius 3 is 1.17 bits per heavy atom. The van der Waals surface area contributed by atoms with Crippen LogP contribution in [0.1, 0.15) is 0 Å². The van der Waals surface area contributed by atoms with Crippen LogP contribution in [-0.4, -0.2) is 173 Å². The standard InChI is InChI=1S/C12H20O9S3.C6H14O6.C2H4O2S/c13-6(1-19-8(15)3-22)11(18)12(21-10(17)5-24)7(14)2-20-9(16)4-23;7-1-3(9)5(11)6(12)4(10)2-8;3-2(4)1-5/h6-7,11-14,18,22-24H,1-5H2;3-12H,1-2H2;5H,1H2,(H,3,4). The summed E-state index contributed by atoms with van der Waals surface area (Å²) in [6, 6.07) is 0. The summed E-state index contributed by atoms with van der Waals surface area (Å²) >= 11 is 14.4. The molecule has 10 N–H and O–H groups in total. The molecule has 0 bridgehead atoms. The number of rotatable bonds is 17. The number of carboxylic acid groups (broad SMARTS) is 1. The molecule has 0 aromatic heterocycles. The molecule has 0 aromatic carbocycles. The van der Waals surface area contributed by atoms with Crippen LogP contribution >= 0.6 is 50.5 Å². The van der Waals surface area contributed by atoms with Gasteiger partial charge in [-0.15, -0.1) is 0 Å². The van der Waals surface area contributed by atoms with Crippen molar-refractivity contribution in [1.29, 1.82) is 0 Å². The van der Waals surface area contributed by atoms with E-state index in [1.165, 1.54) is 0 Å². The molecule has 0 aliphatic rings. The Labute approximate surface area is 256 Å². The average molecular weight is 679 g/mol. The van der Waals surface area contributed by atoms with Gasteiger partial charge in [0, 0.05) is 0 Å². The van der Waals surface area contributed by atoms with E-state index in [0.717, 1.165) is 0 Å². The normalized spacial score (nSPS) is 16.4. The molecule has 0 spiro atoms. The molecule has 21 heteroatoms. The first-order valence-electron chi connectivity index (χ1n) is 11.2. The van der Waals surface area contributed by atoms with E-state index in [4.69, 9.17) is 40.5 Å². The number of aliphatic hydroxyl groups excluding tert-OH is 9. The second kappa shape index (κ2) is 26.5. The lowest BCUT2D eigenvalue weighted by Crippen LogP contribution is -2.50. The van der Waals surface area contributed by atoms with Crippen molar-refractivity contribution in [2.75, 3.05) is 49.4 Å². The first-order chi connectivity index (χ1) is 19.1. The Morgan fingerprint density at radius 2 is 0.878 bits per heavy atom. The molecular formula is C20H38O17S4. The van der Waals surface area contributed by atoms with Crippen molar-refractivity contribution in [3.63, 3.8) is 0 Å². The van der Waals surface area contributed by atoms with Crippen molar-refractivity contribution in [3.8, 4) is 0 Å². The maximum atomic E-state index is 11.3. The molecule has 0 fully saturated rings. The summed E-state index contributed by atoms with van der Waals surface area (Å²) in [5, 5.41) is 89.6. The molecule has 8 atom stereocenters. The highest BCUT2D eigenvalue weighted by atomic mass is 32.1. The molecule has 0 radical (unpaired) electrons. The van der Waals surface area contributed by atoms with E-state index in [9.17, 15) is 34.5 Å². The zero-order valence-corrected chi connectivity index (χ0v) is 25.0. The van der Waals surface area contributed by atoms with Gasteiger partial charge < -0.3 is 65.3 Å². The first-order valence-corrected chi connectivity index (χ1v) is 13.7. The molecule has 0 amide bonds. The van der Waals surface area contributed by atoms with Crippen molar-refractivity contribution in [2.24, 2.45) is 0 Å². The fourth-order valence-electron chi connectivity index (χ4n) is 2.10. The number of hydrogen-bond acceptors (Lipinski definition) is 20. The molecule has 0 saturated heterocycles. The van der Waals surface area contributed by atoms with E-state index in [2.05, 4.69) is 60.0 Å². The second-order valence-corrected chi connectivity index (χ2v) is 8.72. The topological polar surface area (TPSA) is 298 Å². The Hall–Kier alpha value is -1.08. The molecule has 8 unspecified atom stereocenters. The monoisotopic (exact) mass is 678 g/mol. The van der Waals surface area contributed by atoms with Crippen LogP contribution in [0.3, 0.4) is 0 Å². The second-order valence-electron chi connectivity index (χ2n) is 7.45. The highest BCUT2D eigenvalue weighted by Crippen LogP contribution is 2.12. The van der Waals surface area contributed by atoms with Gasteiger partial charge in [-0.05, 0) is 0 Å². The molecule has 17 nitrogen and oxygen atoms in total. The van der Waals surface area contributed by atoms with Gasteiger partial charge in [-0.2, -0.15) is 50.5 Å². The number of carbonyl (C=O) groups is 4. The number of carboxylic acids is 1. The van der Waals surface area contributed by atoms with E-state index < -0.39 is 99.1 Å². The van der Waals surface area contributed by atoms with Crippen molar-refractivity contribution in [3.05, 3.63) is 0 Å². The summed E-state index contributed by atoms with van der Waals surface area (Å²) in [5.41, 5.74) is 0. The molecule has 0 rings (SSSR count). The number of aliphatic hydroxyl groups is 9. The minimum Gasteiger partial charge on any atom is -0.481 e. The zero-order chi connectivity index (χ0) is 32.7. The van der Waals surface area contributed by atoms with Crippen LogP contribution in [0.15, 0.2) is 0 Å². The molecule has 0 aromatic rings. The third kappa shape index (κ3) is 22.2. The van der Waals surface area contributed by atoms with Crippen molar-refractivity contribution >= 4 is 74.4 Å². The van der Waals surface area contributed by atoms with Gasteiger partial charge in [-0.3, -0.25) is 19.2 Å². The fourth-order valence-corrected chi connectivity index (χ4v) is 2.35. The van der Waals surface area contributed by atoms with Gasteiger partial charge >= 0.3 is 23.9 Å². The molecule has 0 saturated carbocycles. The maximum Gasteiger partial charge on any atom is 0.316 e. The predicted molar refractivity (Wildman–Crippen MR) is 151 cm³/mol. The molecule has 41 heavy (non-hydrogen) atoms. The van der Waals surface area contributed by atoms with Crippen LogP contribution in [0.5, 0.6) is 0 Å². The quantitative estimate of drug-likeness (QED) is 0.0387. The minimum absolute atomic E-state index is 0.0833. The van der Waals surface area contributed by atoms with Gasteiger partial charge in [-0.25, -0.2) is 0 Å². The molecule has 0 aliphatic carbocycles. The SMILES string of the molecule is O=C(CS)OCC(O)C(O)C(OC(=O)CS)C(O)COC(=O)CS.O=C(O)CS.OCC(O)C(O)C(O)C(O)CO. The van der Waals surface area contributed by atoms with Gasteiger partial charge in [0.1, 0.15) is 55.9 Å². The van der Waals surface area contributed by atoms with Crippen molar-refractivity contribution < 1.29 is 84.5 Å². The largest absolute Gasteiger partial charge is 0.481 e. The van der Waals surface area contributed by atoms with Gasteiger partial charge in [0.2, 0.25) is 0 Å². The third-order valence-corrected chi connectivity index (χ3v) is 5.29. The van der Waals surface area contributed by atoms with Gasteiger partial charge in [0.15, 0.2) is 6.10 Å². The van der Waals surface area contributed by atoms with E-state index in [0.29, 0.717) is 0 Å². The predicted octanol–water partition coefficient (Wildman–Crippen LogP) is -5.73. The number of hydrogen-bond donors (Lipinski definition) is 14. The Morgan fingerprint density at radius 1 is 0.537 bits per heavy atom. The highest BCUT2D eigenvalue weighted by molar-refractivity contribution is 7.81. The number of thiol groups is 4. The number of aliphatic carboxylic acids is 1. The van der Waals surface area contributed by atoms with E-state index >= 15 is 0 Å². The van der Waals surface area contributed by atoms with E-state index in [-0.39, 0.29) is 23.0 Å². The summed E-state index contributed by atoms with van der Waals surface area (Å²) < 4.78 is 14.0. The molecule has 0 aliphatic heterocycles. The van der Waals surface area contributed by atoms with Crippen LogP contribution in [-0.2, 0) is 33.4 Å². The summed E-state index contributed by atoms with van der Waals surface area (Å²) in [4.78, 5) is 42.6. The highest BCUT2D eigenvalue weighted by Gasteiger charge is 2.36. The molecule has 244 valence electrons. The van der Waals surface area contributed by atoms with Crippen LogP contribution in [0.2, 0.25) is 0 Å². The Bertz CT molecular complexity index is 720. The first kappa shape index (κ1) is 44.4. The number of ether oxygens (including phenoxy) is 3. The van der Waals surface area contributed by atoms with Crippen molar-refractivity contribution in [1.82, 2.24) is 0 Å². The summed E-state index contributed by atoms with van der Waals surface area (Å²) in [5.74, 6) is -4.15. The maximum absolute atomic E-state index is 11.3. The molecule has 0 heterocycles. The number of carbonyl (C=O) groups excluding carboxylic acids is 3. The smallest absolute Gasteiger partial charge is 0.316 e. The van der Waals surface area contributed by atoms with E-state index in [1.54, 1.807) is 0 Å². The zero-order valence-electron chi connectivity index (χ0n) is 21.4. The van der Waals surface area contributed by atoms with Crippen LogP contribution in [0.25, 0.3) is 0 Å². The van der Waals surface area contributed by atoms with Gasteiger partial charge in [-0.1, -0.05) is 0 Å². The van der Waals surface area contributed by atoms with Crippen molar-refractivity contribution in [2.45, 2.75) is 48.8 Å².